The smallest absolute Gasteiger partial charge is 0.306 e. The number of nitrogens with zero attached hydrogens (tertiary/aromatic N) is 3. The topological polar surface area (TPSA) is 100 Å². The number of anilines is 1. The second-order valence-corrected chi connectivity index (χ2v) is 14.6. The average molecular weight is 598 g/mol. The molecule has 2 aromatic carbocycles. The fourth-order valence-electron chi connectivity index (χ4n) is 5.75. The van der Waals surface area contributed by atoms with E-state index in [1.165, 1.54) is 17.4 Å². The largest absolute Gasteiger partial charge is 0.488 e. The number of aliphatic carboxylic acids is 1. The van der Waals surface area contributed by atoms with Crippen LogP contribution in [0.25, 0.3) is 11.3 Å². The number of carboxylic acids is 1. The van der Waals surface area contributed by atoms with Crippen molar-refractivity contribution in [2.24, 2.45) is 5.92 Å². The molecule has 3 heterocycles. The van der Waals surface area contributed by atoms with Crippen molar-refractivity contribution in [3.8, 4) is 17.0 Å². The average Bonchev–Trinajstić information content (AvgIpc) is 3.43. The van der Waals surface area contributed by atoms with Crippen molar-refractivity contribution in [3.05, 3.63) is 64.0 Å². The van der Waals surface area contributed by atoms with E-state index in [2.05, 4.69) is 53.3 Å². The summed E-state index contributed by atoms with van der Waals surface area (Å²) in [6.45, 7) is 8.44. The van der Waals surface area contributed by atoms with Crippen molar-refractivity contribution in [3.63, 3.8) is 0 Å². The molecule has 1 N–H and O–H groups in total. The summed E-state index contributed by atoms with van der Waals surface area (Å²) in [6.07, 6.45) is 4.03. The number of aryl methyl sites for hydroxylation is 2. The van der Waals surface area contributed by atoms with E-state index in [0.29, 0.717) is 45.4 Å². The monoisotopic (exact) mass is 597 g/mol. The molecule has 0 unspecified atom stereocenters. The minimum Gasteiger partial charge on any atom is -0.488 e. The lowest BCUT2D eigenvalue weighted by molar-refractivity contribution is -0.142. The Morgan fingerprint density at radius 1 is 1.05 bits per heavy atom. The summed E-state index contributed by atoms with van der Waals surface area (Å²) in [5.41, 5.74) is 6.47. The molecule has 2 saturated heterocycles. The molecule has 0 atom stereocenters. The van der Waals surface area contributed by atoms with Gasteiger partial charge in [0.1, 0.15) is 22.2 Å². The number of hydrogen-bond acceptors (Lipinski definition) is 8. The Balaban J connectivity index is 1.22. The van der Waals surface area contributed by atoms with Crippen molar-refractivity contribution in [2.75, 3.05) is 37.3 Å². The van der Waals surface area contributed by atoms with E-state index in [0.717, 1.165) is 52.9 Å². The molecule has 0 aliphatic carbocycles. The van der Waals surface area contributed by atoms with Gasteiger partial charge in [-0.25, -0.2) is 13.4 Å². The first-order valence-corrected chi connectivity index (χ1v) is 17.1. The molecule has 8 nitrogen and oxygen atoms in total. The van der Waals surface area contributed by atoms with Crippen LogP contribution in [0.4, 0.5) is 5.13 Å². The number of hydrogen-bond donors (Lipinski definition) is 1. The number of rotatable bonds is 9. The van der Waals surface area contributed by atoms with Crippen LogP contribution in [0.2, 0.25) is 0 Å². The quantitative estimate of drug-likeness (QED) is 0.354. The lowest BCUT2D eigenvalue weighted by Gasteiger charge is -2.31. The Hall–Kier alpha value is -2.95. The number of aromatic nitrogens is 1. The SMILES string of the molecule is Cc1ccc(OCc2ccc(CN3CCC(S(C)(=O)=O)CC3)cc2C)c(-c2csc(N3CCC(C(=O)O)CC3)n2)c1. The zero-order valence-electron chi connectivity index (χ0n) is 24.0. The van der Waals surface area contributed by atoms with Gasteiger partial charge in [-0.15, -0.1) is 11.3 Å². The van der Waals surface area contributed by atoms with E-state index in [-0.39, 0.29) is 11.2 Å². The van der Waals surface area contributed by atoms with Gasteiger partial charge in [0.15, 0.2) is 5.13 Å². The van der Waals surface area contributed by atoms with Gasteiger partial charge in [0.25, 0.3) is 0 Å². The van der Waals surface area contributed by atoms with Crippen molar-refractivity contribution >= 4 is 32.3 Å². The molecule has 0 bridgehead atoms. The molecule has 0 amide bonds. The van der Waals surface area contributed by atoms with Crippen molar-refractivity contribution in [2.45, 2.75) is 57.9 Å². The molecule has 41 heavy (non-hydrogen) atoms. The van der Waals surface area contributed by atoms with E-state index in [9.17, 15) is 18.3 Å². The van der Waals surface area contributed by atoms with Crippen LogP contribution in [0.3, 0.4) is 0 Å². The highest BCUT2D eigenvalue weighted by atomic mass is 32.2. The molecular weight excluding hydrogens is 558 g/mol. The molecule has 0 radical (unpaired) electrons. The van der Waals surface area contributed by atoms with Crippen LogP contribution in [0.5, 0.6) is 5.75 Å². The maximum Gasteiger partial charge on any atom is 0.306 e. The summed E-state index contributed by atoms with van der Waals surface area (Å²) >= 11 is 1.59. The summed E-state index contributed by atoms with van der Waals surface area (Å²) in [5.74, 6) is -0.184. The predicted octanol–water partition coefficient (Wildman–Crippen LogP) is 5.32. The normalized spacial score (nSPS) is 17.6. The first-order chi connectivity index (χ1) is 19.6. The van der Waals surface area contributed by atoms with Gasteiger partial charge < -0.3 is 14.7 Å². The zero-order valence-corrected chi connectivity index (χ0v) is 25.6. The van der Waals surface area contributed by atoms with Crippen LogP contribution >= 0.6 is 11.3 Å². The standard InChI is InChI=1S/C31H39N3O5S2/c1-21-4-7-29(27(16-21)28-20-40-31(32-28)34-14-8-24(9-15-34)30(35)36)39-19-25-6-5-23(17-22(25)2)18-33-12-10-26(11-13-33)41(3,37)38/h4-7,16-17,20,24,26H,8-15,18-19H2,1-3H3,(H,35,36). The van der Waals surface area contributed by atoms with Crippen molar-refractivity contribution < 1.29 is 23.1 Å². The molecule has 0 spiro atoms. The molecule has 1 aromatic heterocycles. The molecule has 2 fully saturated rings. The minimum absolute atomic E-state index is 0.209. The lowest BCUT2D eigenvalue weighted by Crippen LogP contribution is -2.38. The van der Waals surface area contributed by atoms with Gasteiger partial charge in [0.2, 0.25) is 0 Å². The highest BCUT2D eigenvalue weighted by Crippen LogP contribution is 2.36. The van der Waals surface area contributed by atoms with Gasteiger partial charge in [0, 0.05) is 36.8 Å². The first-order valence-electron chi connectivity index (χ1n) is 14.2. The second-order valence-electron chi connectivity index (χ2n) is 11.5. The second kappa shape index (κ2) is 12.5. The Morgan fingerprint density at radius 3 is 2.44 bits per heavy atom. The van der Waals surface area contributed by atoms with Gasteiger partial charge >= 0.3 is 5.97 Å². The summed E-state index contributed by atoms with van der Waals surface area (Å²) in [4.78, 5) is 20.7. The highest BCUT2D eigenvalue weighted by molar-refractivity contribution is 7.91. The fourth-order valence-corrected chi connectivity index (χ4v) is 7.69. The zero-order chi connectivity index (χ0) is 29.1. The Bertz CT molecular complexity index is 1490. The Morgan fingerprint density at radius 2 is 1.78 bits per heavy atom. The summed E-state index contributed by atoms with van der Waals surface area (Å²) < 4.78 is 30.1. The maximum atomic E-state index is 11.9. The van der Waals surface area contributed by atoms with Crippen LogP contribution in [0.1, 0.15) is 47.9 Å². The number of thiazole rings is 1. The Labute approximate surface area is 246 Å². The third-order valence-corrected chi connectivity index (χ3v) is 10.9. The Kier molecular flexibility index (Phi) is 9.01. The third kappa shape index (κ3) is 7.28. The molecule has 3 aromatic rings. The number of likely N-dealkylation sites (tertiary alicyclic amines) is 1. The summed E-state index contributed by atoms with van der Waals surface area (Å²) in [5, 5.41) is 12.1. The summed E-state index contributed by atoms with van der Waals surface area (Å²) in [7, 11) is -2.96. The predicted molar refractivity (Wildman–Crippen MR) is 164 cm³/mol. The number of benzene rings is 2. The third-order valence-electron chi connectivity index (χ3n) is 8.35. The molecule has 2 aliphatic heterocycles. The van der Waals surface area contributed by atoms with Gasteiger partial charge in [0.05, 0.1) is 16.9 Å². The van der Waals surface area contributed by atoms with E-state index in [4.69, 9.17) is 9.72 Å². The van der Waals surface area contributed by atoms with E-state index >= 15 is 0 Å². The highest BCUT2D eigenvalue weighted by Gasteiger charge is 2.27. The molecule has 2 aliphatic rings. The van der Waals surface area contributed by atoms with Crippen LogP contribution < -0.4 is 9.64 Å². The van der Waals surface area contributed by atoms with Gasteiger partial charge in [-0.3, -0.25) is 9.69 Å². The van der Waals surface area contributed by atoms with Crippen LogP contribution in [-0.4, -0.2) is 67.1 Å². The number of sulfone groups is 1. The number of ether oxygens (including phenoxy) is 1. The molecule has 220 valence electrons. The van der Waals surface area contributed by atoms with Crippen LogP contribution in [-0.2, 0) is 27.8 Å². The number of carbonyl (C=O) groups is 1. The molecular formula is C31H39N3O5S2. The van der Waals surface area contributed by atoms with Crippen molar-refractivity contribution in [1.29, 1.82) is 0 Å². The van der Waals surface area contributed by atoms with Gasteiger partial charge in [-0.2, -0.15) is 0 Å². The van der Waals surface area contributed by atoms with Crippen LogP contribution in [0.15, 0.2) is 41.8 Å². The van der Waals surface area contributed by atoms with E-state index < -0.39 is 15.8 Å². The molecule has 5 rings (SSSR count). The molecule has 10 heteroatoms. The van der Waals surface area contributed by atoms with E-state index in [1.54, 1.807) is 11.3 Å². The van der Waals surface area contributed by atoms with Gasteiger partial charge in [-0.05, 0) is 81.4 Å². The maximum absolute atomic E-state index is 11.9. The molecule has 0 saturated carbocycles. The minimum atomic E-state index is -2.96. The van der Waals surface area contributed by atoms with E-state index in [1.807, 2.05) is 12.1 Å². The number of carboxylic acid groups (broad SMARTS) is 1. The van der Waals surface area contributed by atoms with Crippen LogP contribution in [0, 0.1) is 19.8 Å². The lowest BCUT2D eigenvalue weighted by atomic mass is 9.97. The summed E-state index contributed by atoms with van der Waals surface area (Å²) in [6, 6.07) is 12.6. The first kappa shape index (κ1) is 29.5. The van der Waals surface area contributed by atoms with Gasteiger partial charge in [-0.1, -0.05) is 29.8 Å². The van der Waals surface area contributed by atoms with Crippen molar-refractivity contribution in [1.82, 2.24) is 9.88 Å². The fraction of sp³-hybridized carbons (Fsp3) is 0.484. The number of piperidine rings is 2.